The van der Waals surface area contributed by atoms with Gasteiger partial charge in [-0.1, -0.05) is 6.07 Å². The number of aromatic hydroxyl groups is 1. The summed E-state index contributed by atoms with van der Waals surface area (Å²) in [6.07, 6.45) is 0.834. The van der Waals surface area contributed by atoms with Crippen LogP contribution in [0.5, 0.6) is 5.75 Å². The predicted molar refractivity (Wildman–Crippen MR) is 60.4 cm³/mol. The van der Waals surface area contributed by atoms with Crippen molar-refractivity contribution in [3.05, 3.63) is 23.8 Å². The third-order valence-corrected chi connectivity index (χ3v) is 3.38. The summed E-state index contributed by atoms with van der Waals surface area (Å²) in [5.41, 5.74) is 1.94. The third-order valence-electron chi connectivity index (χ3n) is 2.68. The molecule has 0 spiro atoms. The molecule has 0 fully saturated rings. The lowest BCUT2D eigenvalue weighted by Crippen LogP contribution is -2.27. The van der Waals surface area contributed by atoms with Crippen molar-refractivity contribution in [3.8, 4) is 5.75 Å². The van der Waals surface area contributed by atoms with Crippen molar-refractivity contribution >= 4 is 15.8 Å². The molecule has 1 aliphatic rings. The van der Waals surface area contributed by atoms with E-state index in [1.54, 1.807) is 12.1 Å². The molecule has 0 aromatic heterocycles. The van der Waals surface area contributed by atoms with Gasteiger partial charge in [0.25, 0.3) is 10.1 Å². The average Bonchev–Trinajstić information content (AvgIpc) is 2.56. The fourth-order valence-electron chi connectivity index (χ4n) is 1.89. The molecule has 2 N–H and O–H groups in total. The van der Waals surface area contributed by atoms with Crippen molar-refractivity contribution in [2.75, 3.05) is 23.7 Å². The Kier molecular flexibility index (Phi) is 2.77. The molecule has 0 bridgehead atoms. The summed E-state index contributed by atoms with van der Waals surface area (Å²) >= 11 is 0. The maximum Gasteiger partial charge on any atom is 0.266 e. The Morgan fingerprint density at radius 2 is 2.12 bits per heavy atom. The van der Waals surface area contributed by atoms with Crippen LogP contribution in [0.1, 0.15) is 5.56 Å². The number of rotatable bonds is 3. The van der Waals surface area contributed by atoms with Crippen LogP contribution >= 0.6 is 0 Å². The van der Waals surface area contributed by atoms with E-state index in [0.717, 1.165) is 17.7 Å². The zero-order valence-corrected chi connectivity index (χ0v) is 9.44. The topological polar surface area (TPSA) is 77.8 Å². The Morgan fingerprint density at radius 3 is 2.81 bits per heavy atom. The van der Waals surface area contributed by atoms with E-state index in [1.807, 2.05) is 11.0 Å². The molecular weight excluding hydrogens is 230 g/mol. The lowest BCUT2D eigenvalue weighted by atomic mass is 10.1. The van der Waals surface area contributed by atoms with Gasteiger partial charge >= 0.3 is 0 Å². The first-order valence-electron chi connectivity index (χ1n) is 4.98. The van der Waals surface area contributed by atoms with E-state index >= 15 is 0 Å². The summed E-state index contributed by atoms with van der Waals surface area (Å²) in [5, 5.41) is 9.35. The minimum absolute atomic E-state index is 0.164. The van der Waals surface area contributed by atoms with Gasteiger partial charge in [-0.25, -0.2) is 0 Å². The first-order valence-corrected chi connectivity index (χ1v) is 6.59. The van der Waals surface area contributed by atoms with Crippen molar-refractivity contribution in [1.29, 1.82) is 0 Å². The quantitative estimate of drug-likeness (QED) is 0.762. The van der Waals surface area contributed by atoms with Crippen molar-refractivity contribution in [1.82, 2.24) is 0 Å². The number of phenols is 1. The van der Waals surface area contributed by atoms with Crippen LogP contribution in [0.3, 0.4) is 0 Å². The van der Waals surface area contributed by atoms with Gasteiger partial charge in [0.05, 0.1) is 5.75 Å². The number of fused-ring (bicyclic) bond motifs is 1. The molecule has 6 heteroatoms. The van der Waals surface area contributed by atoms with E-state index in [9.17, 15) is 13.5 Å². The zero-order chi connectivity index (χ0) is 11.8. The third kappa shape index (κ3) is 2.45. The first kappa shape index (κ1) is 11.2. The number of benzene rings is 1. The van der Waals surface area contributed by atoms with E-state index < -0.39 is 10.1 Å². The Morgan fingerprint density at radius 1 is 1.38 bits per heavy atom. The van der Waals surface area contributed by atoms with Crippen LogP contribution in [-0.4, -0.2) is 36.9 Å². The van der Waals surface area contributed by atoms with Gasteiger partial charge in [0, 0.05) is 24.8 Å². The molecule has 1 aromatic rings. The van der Waals surface area contributed by atoms with Gasteiger partial charge in [-0.3, -0.25) is 4.55 Å². The molecule has 5 nitrogen and oxygen atoms in total. The van der Waals surface area contributed by atoms with Crippen molar-refractivity contribution in [3.63, 3.8) is 0 Å². The van der Waals surface area contributed by atoms with Crippen molar-refractivity contribution < 1.29 is 18.1 Å². The fraction of sp³-hybridized carbons (Fsp3) is 0.400. The van der Waals surface area contributed by atoms with E-state index in [0.29, 0.717) is 6.54 Å². The van der Waals surface area contributed by atoms with Crippen LogP contribution in [-0.2, 0) is 16.5 Å². The van der Waals surface area contributed by atoms with Crippen LogP contribution in [0, 0.1) is 0 Å². The van der Waals surface area contributed by atoms with Gasteiger partial charge in [-0.05, 0) is 18.1 Å². The predicted octanol–water partition coefficient (Wildman–Crippen LogP) is 0.643. The largest absolute Gasteiger partial charge is 0.508 e. The lowest BCUT2D eigenvalue weighted by Gasteiger charge is -2.18. The van der Waals surface area contributed by atoms with Crippen LogP contribution in [0.15, 0.2) is 18.2 Å². The van der Waals surface area contributed by atoms with E-state index in [2.05, 4.69) is 0 Å². The van der Waals surface area contributed by atoms with Crippen molar-refractivity contribution in [2.45, 2.75) is 6.42 Å². The Labute approximate surface area is 94.1 Å². The van der Waals surface area contributed by atoms with E-state index in [-0.39, 0.29) is 18.0 Å². The number of hydrogen-bond acceptors (Lipinski definition) is 4. The number of phenolic OH excluding ortho intramolecular Hbond substituents is 1. The average molecular weight is 243 g/mol. The van der Waals surface area contributed by atoms with Gasteiger partial charge in [0.15, 0.2) is 0 Å². The molecule has 16 heavy (non-hydrogen) atoms. The number of anilines is 1. The molecule has 0 saturated heterocycles. The summed E-state index contributed by atoms with van der Waals surface area (Å²) in [7, 11) is -3.93. The zero-order valence-electron chi connectivity index (χ0n) is 8.63. The van der Waals surface area contributed by atoms with E-state index in [4.69, 9.17) is 4.55 Å². The van der Waals surface area contributed by atoms with Gasteiger partial charge in [-0.15, -0.1) is 0 Å². The molecule has 0 unspecified atom stereocenters. The Bertz CT molecular complexity index is 498. The molecule has 0 saturated carbocycles. The smallest absolute Gasteiger partial charge is 0.266 e. The molecule has 0 amide bonds. The number of nitrogens with zero attached hydrogens (tertiary/aromatic N) is 1. The minimum Gasteiger partial charge on any atom is -0.508 e. The van der Waals surface area contributed by atoms with Crippen LogP contribution < -0.4 is 4.90 Å². The van der Waals surface area contributed by atoms with Gasteiger partial charge in [0.1, 0.15) is 5.75 Å². The van der Waals surface area contributed by atoms with Crippen LogP contribution in [0.4, 0.5) is 5.69 Å². The first-order chi connectivity index (χ1) is 7.46. The molecule has 0 atom stereocenters. The highest BCUT2D eigenvalue weighted by atomic mass is 32.2. The molecule has 2 rings (SSSR count). The van der Waals surface area contributed by atoms with Gasteiger partial charge in [0.2, 0.25) is 0 Å². The molecule has 1 aromatic carbocycles. The monoisotopic (exact) mass is 243 g/mol. The summed E-state index contributed by atoms with van der Waals surface area (Å²) in [4.78, 5) is 1.85. The second-order valence-electron chi connectivity index (χ2n) is 3.84. The Hall–Kier alpha value is -1.27. The van der Waals surface area contributed by atoms with Gasteiger partial charge < -0.3 is 10.0 Å². The summed E-state index contributed by atoms with van der Waals surface area (Å²) in [6.45, 7) is 0.962. The summed E-state index contributed by atoms with van der Waals surface area (Å²) in [6, 6.07) is 5.07. The fourth-order valence-corrected chi connectivity index (χ4v) is 2.34. The van der Waals surface area contributed by atoms with Crippen LogP contribution in [0.2, 0.25) is 0 Å². The maximum atomic E-state index is 10.6. The molecule has 1 heterocycles. The lowest BCUT2D eigenvalue weighted by molar-refractivity contribution is 0.475. The van der Waals surface area contributed by atoms with Gasteiger partial charge in [-0.2, -0.15) is 8.42 Å². The normalized spacial score (nSPS) is 15.2. The second-order valence-corrected chi connectivity index (χ2v) is 5.41. The number of hydrogen-bond donors (Lipinski definition) is 2. The van der Waals surface area contributed by atoms with Crippen LogP contribution in [0.25, 0.3) is 0 Å². The molecule has 88 valence electrons. The molecule has 1 aliphatic heterocycles. The van der Waals surface area contributed by atoms with Crippen molar-refractivity contribution in [2.24, 2.45) is 0 Å². The summed E-state index contributed by atoms with van der Waals surface area (Å²) in [5.74, 6) is -0.125. The molecular formula is C10H13NO4S. The standard InChI is InChI=1S/C10H13NO4S/c12-9-2-1-8-3-4-11(10(8)7-9)5-6-16(13,14)15/h1-2,7,12H,3-6H2,(H,13,14,15). The highest BCUT2D eigenvalue weighted by Crippen LogP contribution is 2.30. The Balaban J connectivity index is 2.14. The summed E-state index contributed by atoms with van der Waals surface area (Å²) < 4.78 is 30.0. The minimum atomic E-state index is -3.93. The van der Waals surface area contributed by atoms with E-state index in [1.165, 1.54) is 0 Å². The molecule has 0 aliphatic carbocycles. The molecule has 0 radical (unpaired) electrons. The maximum absolute atomic E-state index is 10.6. The highest BCUT2D eigenvalue weighted by Gasteiger charge is 2.20. The second kappa shape index (κ2) is 3.95. The SMILES string of the molecule is O=S(=O)(O)CCN1CCc2ccc(O)cc21. The highest BCUT2D eigenvalue weighted by molar-refractivity contribution is 7.85.